The first-order chi connectivity index (χ1) is 11.1. The second-order valence-corrected chi connectivity index (χ2v) is 6.22. The standard InChI is InChI=1S/C17H17N3O2S/c1-3-13(17(21)22)20-15-14-12(8-23-16(14)19-9-18-15)11-6-4-10(2)5-7-11/h4-9,13H,3H2,1-2H3,(H,21,22)(H,18,19,20). The Balaban J connectivity index is 2.10. The van der Waals surface area contributed by atoms with Gasteiger partial charge in [0.1, 0.15) is 23.0 Å². The summed E-state index contributed by atoms with van der Waals surface area (Å²) in [6.07, 6.45) is 1.94. The highest BCUT2D eigenvalue weighted by Gasteiger charge is 2.19. The van der Waals surface area contributed by atoms with E-state index in [-0.39, 0.29) is 0 Å². The Kier molecular flexibility index (Phi) is 4.25. The summed E-state index contributed by atoms with van der Waals surface area (Å²) in [6, 6.07) is 7.56. The number of aromatic nitrogens is 2. The maximum atomic E-state index is 11.3. The third-order valence-electron chi connectivity index (χ3n) is 3.75. The number of hydrogen-bond acceptors (Lipinski definition) is 5. The van der Waals surface area contributed by atoms with Gasteiger partial charge in [0.25, 0.3) is 0 Å². The van der Waals surface area contributed by atoms with E-state index >= 15 is 0 Å². The smallest absolute Gasteiger partial charge is 0.326 e. The van der Waals surface area contributed by atoms with Gasteiger partial charge in [-0.15, -0.1) is 11.3 Å². The topological polar surface area (TPSA) is 75.1 Å². The highest BCUT2D eigenvalue weighted by Crippen LogP contribution is 2.36. The molecular formula is C17H17N3O2S. The molecule has 1 aromatic carbocycles. The molecule has 0 radical (unpaired) electrons. The maximum absolute atomic E-state index is 11.3. The number of thiophene rings is 1. The van der Waals surface area contributed by atoms with Gasteiger partial charge in [0, 0.05) is 10.9 Å². The molecule has 2 heterocycles. The maximum Gasteiger partial charge on any atom is 0.326 e. The Morgan fingerprint density at radius 1 is 1.30 bits per heavy atom. The fraction of sp³-hybridized carbons (Fsp3) is 0.235. The minimum atomic E-state index is -0.883. The van der Waals surface area contributed by atoms with E-state index in [0.717, 1.165) is 21.3 Å². The van der Waals surface area contributed by atoms with Gasteiger partial charge in [-0.25, -0.2) is 14.8 Å². The molecular weight excluding hydrogens is 310 g/mol. The van der Waals surface area contributed by atoms with Crippen LogP contribution in [-0.2, 0) is 4.79 Å². The summed E-state index contributed by atoms with van der Waals surface area (Å²) in [5.74, 6) is -0.313. The number of fused-ring (bicyclic) bond motifs is 1. The summed E-state index contributed by atoms with van der Waals surface area (Å²) in [7, 11) is 0. The molecule has 0 fully saturated rings. The molecule has 0 aliphatic carbocycles. The van der Waals surface area contributed by atoms with E-state index in [1.807, 2.05) is 19.2 Å². The number of benzene rings is 1. The van der Waals surface area contributed by atoms with Crippen LogP contribution >= 0.6 is 11.3 Å². The van der Waals surface area contributed by atoms with Crippen LogP contribution in [0.3, 0.4) is 0 Å². The third kappa shape index (κ3) is 3.03. The number of nitrogens with one attached hydrogen (secondary N) is 1. The number of anilines is 1. The predicted octanol–water partition coefficient (Wildman–Crippen LogP) is 3.94. The molecule has 0 aliphatic rings. The average Bonchev–Trinajstić information content (AvgIpc) is 2.98. The van der Waals surface area contributed by atoms with Gasteiger partial charge in [-0.3, -0.25) is 0 Å². The van der Waals surface area contributed by atoms with Crippen molar-refractivity contribution in [2.24, 2.45) is 0 Å². The lowest BCUT2D eigenvalue weighted by atomic mass is 10.0. The first-order valence-corrected chi connectivity index (χ1v) is 8.26. The molecule has 0 amide bonds. The SMILES string of the molecule is CCC(Nc1ncnc2scc(-c3ccc(C)cc3)c12)C(=O)O. The molecule has 0 bridgehead atoms. The molecule has 23 heavy (non-hydrogen) atoms. The minimum Gasteiger partial charge on any atom is -0.480 e. The van der Waals surface area contributed by atoms with Gasteiger partial charge in [0.15, 0.2) is 0 Å². The van der Waals surface area contributed by atoms with E-state index in [2.05, 4.69) is 39.6 Å². The largest absolute Gasteiger partial charge is 0.480 e. The number of carboxylic acid groups (broad SMARTS) is 1. The lowest BCUT2D eigenvalue weighted by molar-refractivity contribution is -0.137. The molecule has 6 heteroatoms. The van der Waals surface area contributed by atoms with Crippen molar-refractivity contribution in [2.75, 3.05) is 5.32 Å². The van der Waals surface area contributed by atoms with Crippen molar-refractivity contribution in [3.63, 3.8) is 0 Å². The summed E-state index contributed by atoms with van der Waals surface area (Å²) in [5.41, 5.74) is 3.29. The van der Waals surface area contributed by atoms with E-state index in [1.54, 1.807) is 0 Å². The number of aliphatic carboxylic acids is 1. The van der Waals surface area contributed by atoms with E-state index in [9.17, 15) is 9.90 Å². The van der Waals surface area contributed by atoms with E-state index < -0.39 is 12.0 Å². The number of aryl methyl sites for hydroxylation is 1. The van der Waals surface area contributed by atoms with Crippen LogP contribution in [0.4, 0.5) is 5.82 Å². The van der Waals surface area contributed by atoms with Crippen molar-refractivity contribution >= 4 is 33.3 Å². The second-order valence-electron chi connectivity index (χ2n) is 5.36. The molecule has 3 rings (SSSR count). The van der Waals surface area contributed by atoms with Crippen LogP contribution in [0.5, 0.6) is 0 Å². The third-order valence-corrected chi connectivity index (χ3v) is 4.64. The summed E-state index contributed by atoms with van der Waals surface area (Å²) < 4.78 is 0. The zero-order valence-corrected chi connectivity index (χ0v) is 13.7. The Morgan fingerprint density at radius 2 is 2.04 bits per heavy atom. The molecule has 3 aromatic rings. The first kappa shape index (κ1) is 15.4. The summed E-state index contributed by atoms with van der Waals surface area (Å²) in [4.78, 5) is 20.7. The molecule has 118 valence electrons. The Hall–Kier alpha value is -2.47. The Bertz CT molecular complexity index is 843. The van der Waals surface area contributed by atoms with Crippen LogP contribution in [0.25, 0.3) is 21.3 Å². The number of carbonyl (C=O) groups is 1. The van der Waals surface area contributed by atoms with Crippen molar-refractivity contribution in [2.45, 2.75) is 26.3 Å². The van der Waals surface area contributed by atoms with E-state index in [1.165, 1.54) is 23.2 Å². The van der Waals surface area contributed by atoms with Crippen molar-refractivity contribution in [1.82, 2.24) is 9.97 Å². The van der Waals surface area contributed by atoms with Crippen LogP contribution in [0.15, 0.2) is 36.0 Å². The van der Waals surface area contributed by atoms with Crippen molar-refractivity contribution < 1.29 is 9.90 Å². The Labute approximate surface area is 138 Å². The average molecular weight is 327 g/mol. The molecule has 2 aromatic heterocycles. The number of nitrogens with zero attached hydrogens (tertiary/aromatic N) is 2. The first-order valence-electron chi connectivity index (χ1n) is 7.38. The monoisotopic (exact) mass is 327 g/mol. The van der Waals surface area contributed by atoms with Crippen molar-refractivity contribution in [1.29, 1.82) is 0 Å². The van der Waals surface area contributed by atoms with Gasteiger partial charge >= 0.3 is 5.97 Å². The van der Waals surface area contributed by atoms with Gasteiger partial charge in [-0.05, 0) is 18.9 Å². The van der Waals surface area contributed by atoms with Crippen LogP contribution in [-0.4, -0.2) is 27.1 Å². The molecule has 0 saturated heterocycles. The van der Waals surface area contributed by atoms with Crippen LogP contribution in [0.1, 0.15) is 18.9 Å². The molecule has 1 unspecified atom stereocenters. The van der Waals surface area contributed by atoms with Crippen LogP contribution in [0, 0.1) is 6.92 Å². The van der Waals surface area contributed by atoms with Gasteiger partial charge in [-0.2, -0.15) is 0 Å². The Morgan fingerprint density at radius 3 is 2.70 bits per heavy atom. The molecule has 0 aliphatic heterocycles. The van der Waals surface area contributed by atoms with Gasteiger partial charge in [0.2, 0.25) is 0 Å². The fourth-order valence-corrected chi connectivity index (χ4v) is 3.35. The number of hydrogen-bond donors (Lipinski definition) is 2. The highest BCUT2D eigenvalue weighted by atomic mass is 32.1. The molecule has 0 spiro atoms. The van der Waals surface area contributed by atoms with Gasteiger partial charge in [-0.1, -0.05) is 36.8 Å². The van der Waals surface area contributed by atoms with Gasteiger partial charge < -0.3 is 10.4 Å². The van der Waals surface area contributed by atoms with Gasteiger partial charge in [0.05, 0.1) is 5.39 Å². The zero-order valence-electron chi connectivity index (χ0n) is 12.9. The summed E-state index contributed by atoms with van der Waals surface area (Å²) in [5, 5.41) is 15.2. The zero-order chi connectivity index (χ0) is 16.4. The van der Waals surface area contributed by atoms with Crippen molar-refractivity contribution in [3.05, 3.63) is 41.5 Å². The highest BCUT2D eigenvalue weighted by molar-refractivity contribution is 7.17. The van der Waals surface area contributed by atoms with Crippen LogP contribution in [0.2, 0.25) is 0 Å². The summed E-state index contributed by atoms with van der Waals surface area (Å²) in [6.45, 7) is 3.88. The van der Waals surface area contributed by atoms with E-state index in [4.69, 9.17) is 0 Å². The normalized spacial score (nSPS) is 12.3. The molecule has 0 saturated carbocycles. The predicted molar refractivity (Wildman–Crippen MR) is 92.9 cm³/mol. The lowest BCUT2D eigenvalue weighted by Crippen LogP contribution is -2.28. The minimum absolute atomic E-state index is 0.477. The second kappa shape index (κ2) is 6.34. The van der Waals surface area contributed by atoms with E-state index in [0.29, 0.717) is 12.2 Å². The summed E-state index contributed by atoms with van der Waals surface area (Å²) >= 11 is 1.53. The van der Waals surface area contributed by atoms with Crippen LogP contribution < -0.4 is 5.32 Å². The number of rotatable bonds is 5. The molecule has 5 nitrogen and oxygen atoms in total. The van der Waals surface area contributed by atoms with Crippen molar-refractivity contribution in [3.8, 4) is 11.1 Å². The quantitative estimate of drug-likeness (QED) is 0.742. The fourth-order valence-electron chi connectivity index (χ4n) is 2.43. The molecule has 2 N–H and O–H groups in total. The molecule has 1 atom stereocenters. The lowest BCUT2D eigenvalue weighted by Gasteiger charge is -2.14. The number of carboxylic acids is 1.